The number of benzene rings is 1. The maximum Gasteiger partial charge on any atom is 0.404 e. The van der Waals surface area contributed by atoms with Gasteiger partial charge in [0.05, 0.1) is 19.3 Å². The van der Waals surface area contributed by atoms with Gasteiger partial charge in [0.25, 0.3) is 5.91 Å². The second-order valence-corrected chi connectivity index (χ2v) is 8.97. The number of anilines is 2. The maximum absolute atomic E-state index is 13.4. The molecule has 0 bridgehead atoms. The van der Waals surface area contributed by atoms with Crippen molar-refractivity contribution in [2.24, 2.45) is 11.7 Å². The molecule has 2 aromatic rings. The van der Waals surface area contributed by atoms with Crippen molar-refractivity contribution >= 4 is 35.3 Å². The van der Waals surface area contributed by atoms with Crippen LogP contribution in [0.3, 0.4) is 0 Å². The fourth-order valence-electron chi connectivity index (χ4n) is 3.65. The number of hydrogen-bond donors (Lipinski definition) is 1. The number of nitrogens with zero attached hydrogens (tertiary/aromatic N) is 4. The Morgan fingerprint density at radius 1 is 1.30 bits per heavy atom. The Morgan fingerprint density at radius 3 is 2.79 bits per heavy atom. The number of carbonyl (C=O) groups is 2. The molecule has 0 aliphatic carbocycles. The Hall–Kier alpha value is -2.85. The summed E-state index contributed by atoms with van der Waals surface area (Å²) in [5.74, 6) is 0.776. The number of thioether (sulfide) groups is 1. The van der Waals surface area contributed by atoms with Gasteiger partial charge in [0.15, 0.2) is 5.16 Å². The fraction of sp³-hybridized carbons (Fsp3) is 0.478. The van der Waals surface area contributed by atoms with Gasteiger partial charge in [-0.3, -0.25) is 4.79 Å². The number of aromatic nitrogens is 2. The average molecular weight is 474 g/mol. The van der Waals surface area contributed by atoms with Crippen LogP contribution >= 0.6 is 11.8 Å². The molecule has 2 amide bonds. The molecule has 1 atom stereocenters. The van der Waals surface area contributed by atoms with Gasteiger partial charge in [0.2, 0.25) is 0 Å². The molecule has 0 saturated carbocycles. The van der Waals surface area contributed by atoms with Gasteiger partial charge in [0, 0.05) is 38.4 Å². The van der Waals surface area contributed by atoms with Crippen molar-refractivity contribution in [3.05, 3.63) is 41.6 Å². The van der Waals surface area contributed by atoms with Gasteiger partial charge in [-0.25, -0.2) is 14.8 Å². The molecular formula is C23H31N5O4S. The van der Waals surface area contributed by atoms with E-state index < -0.39 is 6.09 Å². The van der Waals surface area contributed by atoms with E-state index in [-0.39, 0.29) is 24.5 Å². The number of amides is 2. The predicted octanol–water partition coefficient (Wildman–Crippen LogP) is 3.32. The van der Waals surface area contributed by atoms with Gasteiger partial charge in [0.1, 0.15) is 11.4 Å². The number of likely N-dealkylation sites (N-methyl/N-ethyl adjacent to an activating group) is 1. The predicted molar refractivity (Wildman–Crippen MR) is 129 cm³/mol. The first-order valence-electron chi connectivity index (χ1n) is 10.9. The summed E-state index contributed by atoms with van der Waals surface area (Å²) in [5, 5.41) is 0.641. The van der Waals surface area contributed by atoms with E-state index in [2.05, 4.69) is 23.8 Å². The van der Waals surface area contributed by atoms with Crippen molar-refractivity contribution in [1.82, 2.24) is 9.97 Å². The summed E-state index contributed by atoms with van der Waals surface area (Å²) in [6.07, 6.45) is 3.21. The highest BCUT2D eigenvalue weighted by Gasteiger charge is 2.28. The van der Waals surface area contributed by atoms with Crippen LogP contribution in [0.25, 0.3) is 0 Å². The lowest BCUT2D eigenvalue weighted by Crippen LogP contribution is -2.33. The van der Waals surface area contributed by atoms with Gasteiger partial charge in [-0.05, 0) is 29.9 Å². The first-order valence-corrected chi connectivity index (χ1v) is 12.1. The van der Waals surface area contributed by atoms with Crippen LogP contribution in [-0.2, 0) is 16.1 Å². The van der Waals surface area contributed by atoms with Crippen LogP contribution in [-0.4, -0.2) is 61.1 Å². The van der Waals surface area contributed by atoms with E-state index in [1.165, 1.54) is 11.8 Å². The minimum atomic E-state index is -0.783. The third kappa shape index (κ3) is 6.35. The van der Waals surface area contributed by atoms with Gasteiger partial charge < -0.3 is 25.0 Å². The van der Waals surface area contributed by atoms with Crippen molar-refractivity contribution in [2.45, 2.75) is 38.1 Å². The Labute approximate surface area is 198 Å². The summed E-state index contributed by atoms with van der Waals surface area (Å²) in [7, 11) is 1.94. The number of rotatable bonds is 9. The molecule has 0 radical (unpaired) electrons. The summed E-state index contributed by atoms with van der Waals surface area (Å²) in [6, 6.07) is 7.78. The minimum absolute atomic E-state index is 0.0869. The summed E-state index contributed by atoms with van der Waals surface area (Å²) >= 11 is 1.45. The molecule has 178 valence electrons. The summed E-state index contributed by atoms with van der Waals surface area (Å²) in [6.45, 7) is 5.89. The van der Waals surface area contributed by atoms with Gasteiger partial charge in [-0.1, -0.05) is 37.7 Å². The number of ether oxygens (including phenoxy) is 2. The molecule has 1 aromatic heterocycles. The minimum Gasteiger partial charge on any atom is -0.450 e. The molecule has 1 aliphatic heterocycles. The lowest BCUT2D eigenvalue weighted by Gasteiger charge is -2.23. The molecule has 1 aliphatic rings. The van der Waals surface area contributed by atoms with Crippen molar-refractivity contribution in [1.29, 1.82) is 0 Å². The zero-order valence-electron chi connectivity index (χ0n) is 19.5. The largest absolute Gasteiger partial charge is 0.450 e. The second-order valence-electron chi connectivity index (χ2n) is 8.19. The number of primary amides is 1. The standard InChI is InChI=1S/C23H31N5O4S/c1-15(2)19(8-11-31-22(24)30)32-14-16-6-5-7-17(12-16)28-10-9-27(3)20-18(21(28)29)13-25-23(26-20)33-4/h5-7,12-13,15,19H,8-11,14H2,1-4H3,(H2,24,30). The van der Waals surface area contributed by atoms with Gasteiger partial charge >= 0.3 is 6.09 Å². The summed E-state index contributed by atoms with van der Waals surface area (Å²) in [5.41, 5.74) is 7.28. The van der Waals surface area contributed by atoms with E-state index in [9.17, 15) is 9.59 Å². The molecule has 2 heterocycles. The van der Waals surface area contributed by atoms with Crippen LogP contribution < -0.4 is 15.5 Å². The highest BCUT2D eigenvalue weighted by Crippen LogP contribution is 2.27. The number of carbonyl (C=O) groups excluding carboxylic acids is 2. The zero-order valence-corrected chi connectivity index (χ0v) is 20.3. The number of nitrogens with two attached hydrogens (primary N) is 1. The normalized spacial score (nSPS) is 14.8. The third-order valence-corrected chi connectivity index (χ3v) is 6.06. The van der Waals surface area contributed by atoms with E-state index in [0.29, 0.717) is 42.7 Å². The SMILES string of the molecule is CSc1ncc2c(n1)N(C)CCN(c1cccc(COC(CCOC(N)=O)C(C)C)c1)C2=O. The van der Waals surface area contributed by atoms with Crippen LogP contribution in [0.15, 0.2) is 35.6 Å². The van der Waals surface area contributed by atoms with Crippen molar-refractivity contribution < 1.29 is 19.1 Å². The van der Waals surface area contributed by atoms with E-state index in [4.69, 9.17) is 15.2 Å². The van der Waals surface area contributed by atoms with Crippen LogP contribution in [0.1, 0.15) is 36.2 Å². The lowest BCUT2D eigenvalue weighted by atomic mass is 10.0. The molecule has 9 nitrogen and oxygen atoms in total. The first-order chi connectivity index (χ1) is 15.8. The van der Waals surface area contributed by atoms with Gasteiger partial charge in [-0.15, -0.1) is 0 Å². The number of fused-ring (bicyclic) bond motifs is 1. The van der Waals surface area contributed by atoms with E-state index in [1.54, 1.807) is 11.1 Å². The summed E-state index contributed by atoms with van der Waals surface area (Å²) in [4.78, 5) is 36.8. The maximum atomic E-state index is 13.4. The highest BCUT2D eigenvalue weighted by atomic mass is 32.2. The quantitative estimate of drug-likeness (QED) is 0.436. The van der Waals surface area contributed by atoms with E-state index in [1.807, 2.05) is 42.5 Å². The van der Waals surface area contributed by atoms with Gasteiger partial charge in [-0.2, -0.15) is 0 Å². The topological polar surface area (TPSA) is 111 Å². The Kier molecular flexibility index (Phi) is 8.51. The highest BCUT2D eigenvalue weighted by molar-refractivity contribution is 7.98. The zero-order chi connectivity index (χ0) is 24.0. The fourth-order valence-corrected chi connectivity index (χ4v) is 3.98. The van der Waals surface area contributed by atoms with Crippen LogP contribution in [0.2, 0.25) is 0 Å². The molecule has 0 spiro atoms. The van der Waals surface area contributed by atoms with Crippen molar-refractivity contribution in [2.75, 3.05) is 42.8 Å². The van der Waals surface area contributed by atoms with Crippen molar-refractivity contribution in [3.63, 3.8) is 0 Å². The smallest absolute Gasteiger partial charge is 0.404 e. The molecule has 0 fully saturated rings. The molecule has 33 heavy (non-hydrogen) atoms. The molecule has 1 unspecified atom stereocenters. The van der Waals surface area contributed by atoms with Crippen molar-refractivity contribution in [3.8, 4) is 0 Å². The first kappa shape index (κ1) is 24.8. The van der Waals surface area contributed by atoms with E-state index in [0.717, 1.165) is 11.3 Å². The third-order valence-electron chi connectivity index (χ3n) is 5.50. The van der Waals surface area contributed by atoms with Crippen LogP contribution in [0.4, 0.5) is 16.3 Å². The summed E-state index contributed by atoms with van der Waals surface area (Å²) < 4.78 is 10.9. The molecular weight excluding hydrogens is 442 g/mol. The van der Waals surface area contributed by atoms with Crippen LogP contribution in [0.5, 0.6) is 0 Å². The Bertz CT molecular complexity index is 987. The molecule has 1 aromatic carbocycles. The Balaban J connectivity index is 1.74. The molecule has 2 N–H and O–H groups in total. The lowest BCUT2D eigenvalue weighted by molar-refractivity contribution is -0.00553. The molecule has 10 heteroatoms. The Morgan fingerprint density at radius 2 is 2.09 bits per heavy atom. The monoisotopic (exact) mass is 473 g/mol. The molecule has 3 rings (SSSR count). The van der Waals surface area contributed by atoms with Crippen LogP contribution in [0, 0.1) is 5.92 Å². The van der Waals surface area contributed by atoms with E-state index >= 15 is 0 Å². The second kappa shape index (κ2) is 11.3. The number of hydrogen-bond acceptors (Lipinski definition) is 8. The molecule has 0 saturated heterocycles. The average Bonchev–Trinajstić information content (AvgIpc) is 2.92.